The normalized spacial score (nSPS) is 10.6. The number of ether oxygens (including phenoxy) is 1. The van der Waals surface area contributed by atoms with E-state index >= 15 is 0 Å². The number of aromatic nitrogens is 2. The number of pyridine rings is 1. The SMILES string of the molecule is Cc1ccc(-c2nc(CCNC(=O)c3cccc(OCc4cccnc4)c3)cs2)cc1. The number of carbonyl (C=O) groups is 1. The zero-order chi connectivity index (χ0) is 21.5. The van der Waals surface area contributed by atoms with E-state index in [2.05, 4.69) is 46.5 Å². The number of nitrogens with one attached hydrogen (secondary N) is 1. The molecule has 4 rings (SSSR count). The van der Waals surface area contributed by atoms with Crippen LogP contribution >= 0.6 is 11.3 Å². The fourth-order valence-electron chi connectivity index (χ4n) is 3.03. The van der Waals surface area contributed by atoms with E-state index in [-0.39, 0.29) is 5.91 Å². The first-order chi connectivity index (χ1) is 15.2. The van der Waals surface area contributed by atoms with Crippen LogP contribution in [0.3, 0.4) is 0 Å². The van der Waals surface area contributed by atoms with Crippen LogP contribution in [-0.2, 0) is 13.0 Å². The Morgan fingerprint density at radius 3 is 2.77 bits per heavy atom. The molecule has 5 nitrogen and oxygen atoms in total. The van der Waals surface area contributed by atoms with Gasteiger partial charge in [-0.15, -0.1) is 11.3 Å². The quantitative estimate of drug-likeness (QED) is 0.425. The summed E-state index contributed by atoms with van der Waals surface area (Å²) in [6, 6.07) is 19.4. The molecule has 2 aromatic heterocycles. The largest absolute Gasteiger partial charge is 0.489 e. The zero-order valence-electron chi connectivity index (χ0n) is 17.2. The van der Waals surface area contributed by atoms with Gasteiger partial charge in [0.25, 0.3) is 5.91 Å². The fraction of sp³-hybridized carbons (Fsp3) is 0.160. The molecule has 0 unspecified atom stereocenters. The highest BCUT2D eigenvalue weighted by Gasteiger charge is 2.09. The second-order valence-electron chi connectivity index (χ2n) is 7.19. The average Bonchev–Trinajstić information content (AvgIpc) is 3.28. The lowest BCUT2D eigenvalue weighted by Crippen LogP contribution is -2.25. The monoisotopic (exact) mass is 429 g/mol. The van der Waals surface area contributed by atoms with E-state index in [1.807, 2.05) is 29.6 Å². The van der Waals surface area contributed by atoms with Crippen LogP contribution in [0.1, 0.15) is 27.2 Å². The Kier molecular flexibility index (Phi) is 6.69. The third-order valence-corrected chi connectivity index (χ3v) is 5.68. The molecule has 1 N–H and O–H groups in total. The summed E-state index contributed by atoms with van der Waals surface area (Å²) in [5.41, 5.74) is 4.88. The highest BCUT2D eigenvalue weighted by Crippen LogP contribution is 2.24. The first-order valence-electron chi connectivity index (χ1n) is 10.1. The van der Waals surface area contributed by atoms with Gasteiger partial charge >= 0.3 is 0 Å². The Balaban J connectivity index is 1.28. The van der Waals surface area contributed by atoms with Gasteiger partial charge in [-0.05, 0) is 31.2 Å². The van der Waals surface area contributed by atoms with Gasteiger partial charge in [0.05, 0.1) is 5.69 Å². The van der Waals surface area contributed by atoms with E-state index in [0.29, 0.717) is 30.9 Å². The molecule has 2 aromatic carbocycles. The minimum Gasteiger partial charge on any atom is -0.489 e. The van der Waals surface area contributed by atoms with Crippen molar-refractivity contribution >= 4 is 17.2 Å². The number of benzene rings is 2. The van der Waals surface area contributed by atoms with Crippen molar-refractivity contribution in [3.8, 4) is 16.3 Å². The Labute approximate surface area is 185 Å². The van der Waals surface area contributed by atoms with Crippen LogP contribution in [0.4, 0.5) is 0 Å². The van der Waals surface area contributed by atoms with E-state index in [1.165, 1.54) is 5.56 Å². The van der Waals surface area contributed by atoms with Crippen molar-refractivity contribution in [1.29, 1.82) is 0 Å². The molecule has 1 amide bonds. The van der Waals surface area contributed by atoms with Gasteiger partial charge < -0.3 is 10.1 Å². The van der Waals surface area contributed by atoms with Gasteiger partial charge in [-0.1, -0.05) is 42.0 Å². The van der Waals surface area contributed by atoms with Crippen LogP contribution in [0.25, 0.3) is 10.6 Å². The molecule has 0 saturated carbocycles. The predicted molar refractivity (Wildman–Crippen MR) is 123 cm³/mol. The van der Waals surface area contributed by atoms with Crippen molar-refractivity contribution in [1.82, 2.24) is 15.3 Å². The van der Waals surface area contributed by atoms with Gasteiger partial charge in [-0.2, -0.15) is 0 Å². The standard InChI is InChI=1S/C25H23N3O2S/c1-18-7-9-20(10-8-18)25-28-22(17-31-25)11-13-27-24(29)21-5-2-6-23(14-21)30-16-19-4-3-12-26-15-19/h2-10,12,14-15,17H,11,13,16H2,1H3,(H,27,29). The van der Waals surface area contributed by atoms with Gasteiger partial charge in [-0.3, -0.25) is 9.78 Å². The molecule has 0 aliphatic carbocycles. The van der Waals surface area contributed by atoms with Gasteiger partial charge in [0.1, 0.15) is 17.4 Å². The van der Waals surface area contributed by atoms with E-state index < -0.39 is 0 Å². The van der Waals surface area contributed by atoms with E-state index in [1.54, 1.807) is 35.9 Å². The lowest BCUT2D eigenvalue weighted by Gasteiger charge is -2.08. The van der Waals surface area contributed by atoms with Crippen molar-refractivity contribution in [2.45, 2.75) is 20.0 Å². The van der Waals surface area contributed by atoms with Crippen molar-refractivity contribution in [3.63, 3.8) is 0 Å². The summed E-state index contributed by atoms with van der Waals surface area (Å²) in [6.45, 7) is 3.01. The Hall–Kier alpha value is -3.51. The maximum absolute atomic E-state index is 12.5. The highest BCUT2D eigenvalue weighted by molar-refractivity contribution is 7.13. The molecule has 156 valence electrons. The van der Waals surface area contributed by atoms with Crippen LogP contribution < -0.4 is 10.1 Å². The van der Waals surface area contributed by atoms with Gasteiger partial charge in [-0.25, -0.2) is 4.98 Å². The van der Waals surface area contributed by atoms with Crippen LogP contribution in [0, 0.1) is 6.92 Å². The number of carbonyl (C=O) groups excluding carboxylic acids is 1. The van der Waals surface area contributed by atoms with Gasteiger partial charge in [0.2, 0.25) is 0 Å². The van der Waals surface area contributed by atoms with E-state index in [0.717, 1.165) is 21.8 Å². The number of rotatable bonds is 8. The van der Waals surface area contributed by atoms with Gasteiger partial charge in [0, 0.05) is 47.4 Å². The van der Waals surface area contributed by atoms with Crippen molar-refractivity contribution in [2.24, 2.45) is 0 Å². The van der Waals surface area contributed by atoms with E-state index in [9.17, 15) is 4.79 Å². The molecule has 0 radical (unpaired) electrons. The van der Waals surface area contributed by atoms with Gasteiger partial charge in [0.15, 0.2) is 0 Å². The summed E-state index contributed by atoms with van der Waals surface area (Å²) in [5.74, 6) is 0.527. The summed E-state index contributed by atoms with van der Waals surface area (Å²) in [4.78, 5) is 21.3. The fourth-order valence-corrected chi connectivity index (χ4v) is 3.89. The lowest BCUT2D eigenvalue weighted by atomic mass is 10.2. The average molecular weight is 430 g/mol. The minimum absolute atomic E-state index is 0.124. The van der Waals surface area contributed by atoms with Crippen molar-refractivity contribution in [3.05, 3.63) is 101 Å². The number of amides is 1. The molecule has 0 fully saturated rings. The topological polar surface area (TPSA) is 64.1 Å². The van der Waals surface area contributed by atoms with E-state index in [4.69, 9.17) is 4.74 Å². The number of aryl methyl sites for hydroxylation is 1. The second-order valence-corrected chi connectivity index (χ2v) is 8.05. The summed E-state index contributed by atoms with van der Waals surface area (Å²) in [5, 5.41) is 6.01. The number of nitrogens with zero attached hydrogens (tertiary/aromatic N) is 2. The van der Waals surface area contributed by atoms with Crippen LogP contribution in [0.2, 0.25) is 0 Å². The molecule has 0 saturated heterocycles. The minimum atomic E-state index is -0.124. The Morgan fingerprint density at radius 2 is 1.97 bits per heavy atom. The third kappa shape index (κ3) is 5.77. The molecule has 2 heterocycles. The number of hydrogen-bond acceptors (Lipinski definition) is 5. The third-order valence-electron chi connectivity index (χ3n) is 4.74. The zero-order valence-corrected chi connectivity index (χ0v) is 18.1. The molecule has 0 atom stereocenters. The summed E-state index contributed by atoms with van der Waals surface area (Å²) in [6.07, 6.45) is 4.17. The Bertz CT molecular complexity index is 1140. The Morgan fingerprint density at radius 1 is 1.10 bits per heavy atom. The van der Waals surface area contributed by atoms with Crippen molar-refractivity contribution < 1.29 is 9.53 Å². The maximum Gasteiger partial charge on any atom is 0.251 e. The highest BCUT2D eigenvalue weighted by atomic mass is 32.1. The molecular formula is C25H23N3O2S. The molecule has 0 aliphatic heterocycles. The second kappa shape index (κ2) is 10.00. The molecule has 4 aromatic rings. The number of thiazole rings is 1. The molecule has 0 bridgehead atoms. The molecule has 31 heavy (non-hydrogen) atoms. The first-order valence-corrected chi connectivity index (χ1v) is 11.0. The lowest BCUT2D eigenvalue weighted by molar-refractivity contribution is 0.0953. The summed E-state index contributed by atoms with van der Waals surface area (Å²) < 4.78 is 5.78. The van der Waals surface area contributed by atoms with Crippen LogP contribution in [0.15, 0.2) is 78.4 Å². The predicted octanol–water partition coefficient (Wildman–Crippen LogP) is 5.07. The summed E-state index contributed by atoms with van der Waals surface area (Å²) in [7, 11) is 0. The molecular weight excluding hydrogens is 406 g/mol. The smallest absolute Gasteiger partial charge is 0.251 e. The van der Waals surface area contributed by atoms with Crippen LogP contribution in [-0.4, -0.2) is 22.4 Å². The number of hydrogen-bond donors (Lipinski definition) is 1. The van der Waals surface area contributed by atoms with Crippen molar-refractivity contribution in [2.75, 3.05) is 6.54 Å². The first kappa shape index (κ1) is 20.8. The van der Waals surface area contributed by atoms with Crippen LogP contribution in [0.5, 0.6) is 5.75 Å². The molecule has 0 spiro atoms. The maximum atomic E-state index is 12.5. The molecule has 0 aliphatic rings. The summed E-state index contributed by atoms with van der Waals surface area (Å²) >= 11 is 1.62. The molecule has 6 heteroatoms.